The van der Waals surface area contributed by atoms with Crippen molar-refractivity contribution in [1.82, 2.24) is 9.55 Å². The molecule has 2 heterocycles. The molecule has 2 atom stereocenters. The van der Waals surface area contributed by atoms with Crippen LogP contribution in [0.5, 0.6) is 0 Å². The molecule has 0 radical (unpaired) electrons. The van der Waals surface area contributed by atoms with Crippen LogP contribution in [0.25, 0.3) is 5.69 Å². The summed E-state index contributed by atoms with van der Waals surface area (Å²) in [5.74, 6) is -0.673. The van der Waals surface area contributed by atoms with Gasteiger partial charge in [-0.25, -0.2) is 4.98 Å². The Hall–Kier alpha value is -2.34. The molecule has 0 bridgehead atoms. The van der Waals surface area contributed by atoms with E-state index in [1.54, 1.807) is 23.9 Å². The lowest BCUT2D eigenvalue weighted by molar-refractivity contribution is -0.151. The van der Waals surface area contributed by atoms with E-state index in [4.69, 9.17) is 4.74 Å². The number of hydrogen-bond donors (Lipinski definition) is 2. The highest BCUT2D eigenvalue weighted by Crippen LogP contribution is 2.31. The summed E-state index contributed by atoms with van der Waals surface area (Å²) in [4.78, 5) is 16.3. The molecule has 0 unspecified atom stereocenters. The van der Waals surface area contributed by atoms with Crippen LogP contribution in [-0.2, 0) is 9.53 Å². The molecular weight excluding hydrogens is 270 g/mol. The molecule has 1 aliphatic heterocycles. The number of hydrogen-bond acceptors (Lipinski definition) is 5. The van der Waals surface area contributed by atoms with Gasteiger partial charge in [0.15, 0.2) is 0 Å². The second-order valence-electron chi connectivity index (χ2n) is 4.86. The number of carbonyl (C=O) groups is 1. The number of fused-ring (bicyclic) bond motifs is 3. The first-order valence-electron chi connectivity index (χ1n) is 6.93. The van der Waals surface area contributed by atoms with Crippen LogP contribution in [0.15, 0.2) is 36.7 Å². The first-order valence-corrected chi connectivity index (χ1v) is 6.93. The lowest BCUT2D eigenvalue weighted by Crippen LogP contribution is -2.33. The van der Waals surface area contributed by atoms with Crippen LogP contribution in [0.1, 0.15) is 18.9 Å². The molecule has 21 heavy (non-hydrogen) atoms. The Morgan fingerprint density at radius 1 is 1.52 bits per heavy atom. The van der Waals surface area contributed by atoms with Gasteiger partial charge in [-0.3, -0.25) is 9.36 Å². The molecule has 1 aliphatic rings. The fourth-order valence-electron chi connectivity index (χ4n) is 2.54. The lowest BCUT2D eigenvalue weighted by atomic mass is 10.00. The number of carbonyl (C=O) groups excluding carboxylic acids is 1. The number of ether oxygens (including phenoxy) is 1. The van der Waals surface area contributed by atoms with E-state index in [1.807, 2.05) is 24.3 Å². The summed E-state index contributed by atoms with van der Waals surface area (Å²) in [7, 11) is 0. The Kier molecular flexibility index (Phi) is 3.62. The molecule has 2 aromatic rings. The van der Waals surface area contributed by atoms with Gasteiger partial charge in [0.25, 0.3) is 0 Å². The molecule has 1 aromatic heterocycles. The Labute approximate surface area is 122 Å². The zero-order valence-electron chi connectivity index (χ0n) is 11.7. The van der Waals surface area contributed by atoms with E-state index in [1.165, 1.54) is 0 Å². The zero-order valence-corrected chi connectivity index (χ0v) is 11.7. The monoisotopic (exact) mass is 287 g/mol. The lowest BCUT2D eigenvalue weighted by Gasteiger charge is -2.26. The molecule has 0 spiro atoms. The van der Waals surface area contributed by atoms with Gasteiger partial charge in [0, 0.05) is 18.9 Å². The van der Waals surface area contributed by atoms with Crippen molar-refractivity contribution in [2.24, 2.45) is 5.92 Å². The van der Waals surface area contributed by atoms with Gasteiger partial charge in [-0.1, -0.05) is 12.1 Å². The number of aliphatic hydroxyl groups is 1. The Balaban J connectivity index is 2.05. The van der Waals surface area contributed by atoms with Gasteiger partial charge in [-0.15, -0.1) is 0 Å². The highest BCUT2D eigenvalue weighted by Gasteiger charge is 2.34. The Bertz CT molecular complexity index is 653. The minimum Gasteiger partial charge on any atom is -0.466 e. The summed E-state index contributed by atoms with van der Waals surface area (Å²) in [6.45, 7) is 2.33. The summed E-state index contributed by atoms with van der Waals surface area (Å²) >= 11 is 0. The number of nitrogens with zero attached hydrogens (tertiary/aromatic N) is 2. The third-order valence-corrected chi connectivity index (χ3v) is 3.58. The number of benzene rings is 1. The van der Waals surface area contributed by atoms with E-state index >= 15 is 0 Å². The second kappa shape index (κ2) is 5.57. The van der Waals surface area contributed by atoms with Gasteiger partial charge in [-0.05, 0) is 19.1 Å². The molecule has 3 rings (SSSR count). The zero-order chi connectivity index (χ0) is 14.8. The predicted molar refractivity (Wildman–Crippen MR) is 77.1 cm³/mol. The second-order valence-corrected chi connectivity index (χ2v) is 4.86. The maximum Gasteiger partial charge on any atom is 0.313 e. The number of esters is 1. The summed E-state index contributed by atoms with van der Waals surface area (Å²) < 4.78 is 6.84. The Morgan fingerprint density at radius 3 is 3.14 bits per heavy atom. The number of nitrogens with one attached hydrogen (secondary N) is 1. The smallest absolute Gasteiger partial charge is 0.313 e. The molecule has 0 saturated carbocycles. The average Bonchev–Trinajstić information content (AvgIpc) is 2.95. The van der Waals surface area contributed by atoms with Gasteiger partial charge in [-0.2, -0.15) is 0 Å². The quantitative estimate of drug-likeness (QED) is 0.819. The van der Waals surface area contributed by atoms with Gasteiger partial charge >= 0.3 is 5.97 Å². The van der Waals surface area contributed by atoms with Crippen LogP contribution in [-0.4, -0.2) is 33.8 Å². The van der Waals surface area contributed by atoms with Crippen molar-refractivity contribution in [1.29, 1.82) is 0 Å². The first-order chi connectivity index (χ1) is 10.2. The average molecular weight is 287 g/mol. The first kappa shape index (κ1) is 13.6. The van der Waals surface area contributed by atoms with Crippen molar-refractivity contribution in [3.05, 3.63) is 42.5 Å². The van der Waals surface area contributed by atoms with Crippen molar-refractivity contribution in [3.8, 4) is 5.69 Å². The molecule has 0 amide bonds. The molecule has 6 nitrogen and oxygen atoms in total. The number of imidazole rings is 1. The third-order valence-electron chi connectivity index (χ3n) is 3.58. The fourth-order valence-corrected chi connectivity index (χ4v) is 2.54. The van der Waals surface area contributed by atoms with Crippen LogP contribution in [0.3, 0.4) is 0 Å². The molecule has 110 valence electrons. The van der Waals surface area contributed by atoms with Crippen LogP contribution < -0.4 is 5.32 Å². The van der Waals surface area contributed by atoms with E-state index in [2.05, 4.69) is 10.3 Å². The molecular formula is C15H17N3O3. The normalized spacial score (nSPS) is 20.5. The topological polar surface area (TPSA) is 76.4 Å². The molecule has 1 aromatic carbocycles. The van der Waals surface area contributed by atoms with Gasteiger partial charge in [0.2, 0.25) is 0 Å². The van der Waals surface area contributed by atoms with E-state index < -0.39 is 18.0 Å². The van der Waals surface area contributed by atoms with Crippen LogP contribution in [0, 0.1) is 5.92 Å². The van der Waals surface area contributed by atoms with Crippen molar-refractivity contribution >= 4 is 11.7 Å². The highest BCUT2D eigenvalue weighted by molar-refractivity contribution is 5.75. The number of anilines is 1. The summed E-state index contributed by atoms with van der Waals surface area (Å²) in [5, 5.41) is 13.7. The summed E-state index contributed by atoms with van der Waals surface area (Å²) in [6, 6.07) is 7.70. The predicted octanol–water partition coefficient (Wildman–Crippen LogP) is 1.51. The van der Waals surface area contributed by atoms with Crippen molar-refractivity contribution in [3.63, 3.8) is 0 Å². The molecule has 6 heteroatoms. The molecule has 0 saturated heterocycles. The number of para-hydroxylation sites is 2. The molecule has 2 N–H and O–H groups in total. The van der Waals surface area contributed by atoms with Gasteiger partial charge < -0.3 is 15.2 Å². The minimum atomic E-state index is -1.01. The van der Waals surface area contributed by atoms with Gasteiger partial charge in [0.05, 0.1) is 18.0 Å². The number of aliphatic hydroxyl groups excluding tert-OH is 1. The van der Waals surface area contributed by atoms with E-state index in [9.17, 15) is 9.90 Å². The number of aromatic nitrogens is 2. The standard InChI is InChI=1S/C15H17N3O3/c1-2-21-15(20)10-9-17-11-5-3-4-6-12(11)18-8-7-16-14(18)13(10)19/h3-8,10,13,17,19H,2,9H2,1H3/t10-,13+/m0/s1. The van der Waals surface area contributed by atoms with E-state index in [0.717, 1.165) is 11.4 Å². The third kappa shape index (κ3) is 2.38. The van der Waals surface area contributed by atoms with Crippen molar-refractivity contribution in [2.75, 3.05) is 18.5 Å². The van der Waals surface area contributed by atoms with Crippen molar-refractivity contribution in [2.45, 2.75) is 13.0 Å². The number of rotatable bonds is 2. The maximum absolute atomic E-state index is 12.1. The SMILES string of the molecule is CCOC(=O)[C@H]1CNc2ccccc2-n2ccnc2[C@@H]1O. The van der Waals surface area contributed by atoms with Gasteiger partial charge in [0.1, 0.15) is 17.8 Å². The minimum absolute atomic E-state index is 0.285. The van der Waals surface area contributed by atoms with Crippen LogP contribution in [0.2, 0.25) is 0 Å². The van der Waals surface area contributed by atoms with Crippen LogP contribution >= 0.6 is 0 Å². The van der Waals surface area contributed by atoms with E-state index in [0.29, 0.717) is 12.4 Å². The maximum atomic E-state index is 12.1. The van der Waals surface area contributed by atoms with Crippen LogP contribution in [0.4, 0.5) is 5.69 Å². The summed E-state index contributed by atoms with van der Waals surface area (Å²) in [6.07, 6.45) is 2.37. The fraction of sp³-hybridized carbons (Fsp3) is 0.333. The molecule has 0 aliphatic carbocycles. The molecule has 0 fully saturated rings. The highest BCUT2D eigenvalue weighted by atomic mass is 16.5. The largest absolute Gasteiger partial charge is 0.466 e. The van der Waals surface area contributed by atoms with E-state index in [-0.39, 0.29) is 6.61 Å². The summed E-state index contributed by atoms with van der Waals surface area (Å²) in [5.41, 5.74) is 1.78. The van der Waals surface area contributed by atoms with Crippen molar-refractivity contribution < 1.29 is 14.6 Å². The Morgan fingerprint density at radius 2 is 2.33 bits per heavy atom.